The Morgan fingerprint density at radius 3 is 2.81 bits per heavy atom. The van der Waals surface area contributed by atoms with Gasteiger partial charge in [-0.05, 0) is 57.7 Å². The Labute approximate surface area is 131 Å². The molecule has 0 saturated carbocycles. The van der Waals surface area contributed by atoms with Crippen molar-refractivity contribution in [3.63, 3.8) is 0 Å². The van der Waals surface area contributed by atoms with Gasteiger partial charge in [0, 0.05) is 25.1 Å². The Hall–Kier alpha value is -0.120. The molecule has 2 saturated heterocycles. The van der Waals surface area contributed by atoms with Gasteiger partial charge in [0.25, 0.3) is 0 Å². The standard InChI is InChI=1S/C18H36N2O/c1-3-6-17-7-5-11-20(12-8-17)15-18(9-13-21-16-18)14-19-10-4-2/h17,19H,3-16H2,1-2H3. The monoisotopic (exact) mass is 296 g/mol. The Morgan fingerprint density at radius 1 is 1.19 bits per heavy atom. The highest BCUT2D eigenvalue weighted by Gasteiger charge is 2.36. The van der Waals surface area contributed by atoms with Gasteiger partial charge < -0.3 is 15.0 Å². The lowest BCUT2D eigenvalue weighted by Crippen LogP contribution is -2.45. The first kappa shape index (κ1) is 17.2. The molecule has 3 nitrogen and oxygen atoms in total. The maximum Gasteiger partial charge on any atom is 0.0547 e. The zero-order valence-electron chi connectivity index (χ0n) is 14.3. The summed E-state index contributed by atoms with van der Waals surface area (Å²) in [5, 5.41) is 3.65. The van der Waals surface area contributed by atoms with Crippen LogP contribution in [-0.2, 0) is 4.74 Å². The molecule has 0 aromatic rings. The van der Waals surface area contributed by atoms with Crippen LogP contribution in [0.2, 0.25) is 0 Å². The summed E-state index contributed by atoms with van der Waals surface area (Å²) in [6, 6.07) is 0. The summed E-state index contributed by atoms with van der Waals surface area (Å²) in [5.41, 5.74) is 0.375. The quantitative estimate of drug-likeness (QED) is 0.696. The predicted octanol–water partition coefficient (Wildman–Crippen LogP) is 3.29. The molecule has 0 aromatic carbocycles. The second kappa shape index (κ2) is 9.12. The molecule has 1 N–H and O–H groups in total. The summed E-state index contributed by atoms with van der Waals surface area (Å²) >= 11 is 0. The van der Waals surface area contributed by atoms with Gasteiger partial charge in [0.1, 0.15) is 0 Å². The van der Waals surface area contributed by atoms with Gasteiger partial charge in [-0.1, -0.05) is 26.7 Å². The second-order valence-corrected chi connectivity index (χ2v) is 7.34. The van der Waals surface area contributed by atoms with Crippen molar-refractivity contribution >= 4 is 0 Å². The van der Waals surface area contributed by atoms with Crippen LogP contribution in [0.25, 0.3) is 0 Å². The SMILES string of the molecule is CCCNCC1(CN2CCCC(CCC)CC2)CCOC1. The van der Waals surface area contributed by atoms with Crippen molar-refractivity contribution in [2.24, 2.45) is 11.3 Å². The van der Waals surface area contributed by atoms with Crippen LogP contribution in [-0.4, -0.2) is 50.8 Å². The first-order valence-corrected chi connectivity index (χ1v) is 9.29. The van der Waals surface area contributed by atoms with Gasteiger partial charge in [-0.3, -0.25) is 0 Å². The van der Waals surface area contributed by atoms with Gasteiger partial charge in [0.2, 0.25) is 0 Å². The molecule has 0 aliphatic carbocycles. The van der Waals surface area contributed by atoms with Crippen LogP contribution in [0.3, 0.4) is 0 Å². The van der Waals surface area contributed by atoms with E-state index in [1.165, 1.54) is 64.6 Å². The average molecular weight is 296 g/mol. The van der Waals surface area contributed by atoms with E-state index in [9.17, 15) is 0 Å². The summed E-state index contributed by atoms with van der Waals surface area (Å²) in [6.45, 7) is 12.6. The van der Waals surface area contributed by atoms with E-state index in [-0.39, 0.29) is 0 Å². The van der Waals surface area contributed by atoms with Crippen LogP contribution >= 0.6 is 0 Å². The Morgan fingerprint density at radius 2 is 2.10 bits per heavy atom. The number of ether oxygens (including phenoxy) is 1. The first-order chi connectivity index (χ1) is 10.3. The van der Waals surface area contributed by atoms with Crippen LogP contribution in [0.1, 0.15) is 58.8 Å². The van der Waals surface area contributed by atoms with Crippen LogP contribution in [0, 0.1) is 11.3 Å². The van der Waals surface area contributed by atoms with E-state index in [1.807, 2.05) is 0 Å². The molecule has 2 unspecified atom stereocenters. The highest BCUT2D eigenvalue weighted by molar-refractivity contribution is 4.89. The summed E-state index contributed by atoms with van der Waals surface area (Å²) in [5.74, 6) is 0.981. The van der Waals surface area contributed by atoms with Crippen molar-refractivity contribution in [2.75, 3.05) is 45.9 Å². The normalized spacial score (nSPS) is 31.4. The van der Waals surface area contributed by atoms with Crippen molar-refractivity contribution < 1.29 is 4.74 Å². The number of hydrogen-bond donors (Lipinski definition) is 1. The lowest BCUT2D eigenvalue weighted by Gasteiger charge is -2.34. The van der Waals surface area contributed by atoms with Gasteiger partial charge in [0.15, 0.2) is 0 Å². The molecule has 0 bridgehead atoms. The van der Waals surface area contributed by atoms with E-state index in [1.54, 1.807) is 0 Å². The molecule has 2 atom stereocenters. The first-order valence-electron chi connectivity index (χ1n) is 9.29. The molecule has 0 spiro atoms. The summed E-state index contributed by atoms with van der Waals surface area (Å²) in [6.07, 6.45) is 9.49. The topological polar surface area (TPSA) is 24.5 Å². The minimum Gasteiger partial charge on any atom is -0.381 e. The Bertz CT molecular complexity index is 276. The predicted molar refractivity (Wildman–Crippen MR) is 89.7 cm³/mol. The lowest BCUT2D eigenvalue weighted by atomic mass is 9.86. The Balaban J connectivity index is 1.82. The van der Waals surface area contributed by atoms with E-state index in [2.05, 4.69) is 24.1 Å². The van der Waals surface area contributed by atoms with Gasteiger partial charge in [-0.2, -0.15) is 0 Å². The highest BCUT2D eigenvalue weighted by Crippen LogP contribution is 2.31. The number of likely N-dealkylation sites (tertiary alicyclic amines) is 1. The summed E-state index contributed by atoms with van der Waals surface area (Å²) < 4.78 is 5.76. The fourth-order valence-corrected chi connectivity index (χ4v) is 4.05. The molecule has 0 aromatic heterocycles. The molecule has 21 heavy (non-hydrogen) atoms. The largest absolute Gasteiger partial charge is 0.381 e. The Kier molecular flexibility index (Phi) is 7.48. The number of nitrogens with one attached hydrogen (secondary N) is 1. The molecular weight excluding hydrogens is 260 g/mol. The fraction of sp³-hybridized carbons (Fsp3) is 1.00. The zero-order chi connectivity index (χ0) is 15.0. The lowest BCUT2D eigenvalue weighted by molar-refractivity contribution is 0.109. The van der Waals surface area contributed by atoms with Crippen molar-refractivity contribution in [1.29, 1.82) is 0 Å². The van der Waals surface area contributed by atoms with Crippen LogP contribution < -0.4 is 5.32 Å². The van der Waals surface area contributed by atoms with Gasteiger partial charge >= 0.3 is 0 Å². The van der Waals surface area contributed by atoms with E-state index in [0.29, 0.717) is 5.41 Å². The molecule has 124 valence electrons. The third-order valence-corrected chi connectivity index (χ3v) is 5.31. The molecule has 2 fully saturated rings. The molecular formula is C18H36N2O. The van der Waals surface area contributed by atoms with Gasteiger partial charge in [-0.15, -0.1) is 0 Å². The van der Waals surface area contributed by atoms with E-state index >= 15 is 0 Å². The van der Waals surface area contributed by atoms with E-state index in [0.717, 1.165) is 32.2 Å². The van der Waals surface area contributed by atoms with E-state index in [4.69, 9.17) is 4.74 Å². The van der Waals surface area contributed by atoms with Crippen LogP contribution in [0.4, 0.5) is 0 Å². The highest BCUT2D eigenvalue weighted by atomic mass is 16.5. The molecule has 0 amide bonds. The summed E-state index contributed by atoms with van der Waals surface area (Å²) in [4.78, 5) is 2.73. The minimum absolute atomic E-state index is 0.375. The number of hydrogen-bond acceptors (Lipinski definition) is 3. The maximum absolute atomic E-state index is 5.76. The summed E-state index contributed by atoms with van der Waals surface area (Å²) in [7, 11) is 0. The minimum atomic E-state index is 0.375. The van der Waals surface area contributed by atoms with Crippen LogP contribution in [0.15, 0.2) is 0 Å². The van der Waals surface area contributed by atoms with Gasteiger partial charge in [-0.25, -0.2) is 0 Å². The maximum atomic E-state index is 5.76. The third kappa shape index (κ3) is 5.54. The third-order valence-electron chi connectivity index (χ3n) is 5.31. The number of nitrogens with zero attached hydrogens (tertiary/aromatic N) is 1. The van der Waals surface area contributed by atoms with Crippen molar-refractivity contribution in [1.82, 2.24) is 10.2 Å². The van der Waals surface area contributed by atoms with Gasteiger partial charge in [0.05, 0.1) is 6.61 Å². The smallest absolute Gasteiger partial charge is 0.0547 e. The molecule has 2 heterocycles. The van der Waals surface area contributed by atoms with Crippen LogP contribution in [0.5, 0.6) is 0 Å². The van der Waals surface area contributed by atoms with Crippen molar-refractivity contribution in [3.8, 4) is 0 Å². The van der Waals surface area contributed by atoms with Crippen molar-refractivity contribution in [2.45, 2.75) is 58.8 Å². The average Bonchev–Trinajstić information content (AvgIpc) is 2.82. The fourth-order valence-electron chi connectivity index (χ4n) is 4.05. The molecule has 2 aliphatic rings. The molecule has 2 rings (SSSR count). The number of rotatable bonds is 8. The molecule has 0 radical (unpaired) electrons. The molecule has 2 aliphatic heterocycles. The second-order valence-electron chi connectivity index (χ2n) is 7.34. The molecule has 3 heteroatoms. The van der Waals surface area contributed by atoms with Crippen molar-refractivity contribution in [3.05, 3.63) is 0 Å². The zero-order valence-corrected chi connectivity index (χ0v) is 14.3. The van der Waals surface area contributed by atoms with E-state index < -0.39 is 0 Å².